The molecule has 7 nitrogen and oxygen atoms in total. The highest BCUT2D eigenvalue weighted by Crippen LogP contribution is 2.29. The molecule has 0 radical (unpaired) electrons. The lowest BCUT2D eigenvalue weighted by atomic mass is 10.3. The minimum Gasteiger partial charge on any atom is -0.363 e. The summed E-state index contributed by atoms with van der Waals surface area (Å²) in [7, 11) is 0. The van der Waals surface area contributed by atoms with Crippen molar-refractivity contribution in [2.75, 3.05) is 23.7 Å². The SMILES string of the molecule is CCCN(CC(=O)Nc1ccon1)C(=O)Nc1cccc(Cl)c1Cl. The lowest BCUT2D eigenvalue weighted by Crippen LogP contribution is -2.41. The predicted octanol–water partition coefficient (Wildman–Crippen LogP) is 3.86. The maximum Gasteiger partial charge on any atom is 0.322 e. The van der Waals surface area contributed by atoms with E-state index in [-0.39, 0.29) is 23.3 Å². The minimum absolute atomic E-state index is 0.134. The molecule has 0 aliphatic carbocycles. The van der Waals surface area contributed by atoms with Crippen LogP contribution in [-0.2, 0) is 4.79 Å². The van der Waals surface area contributed by atoms with Gasteiger partial charge in [0, 0.05) is 12.6 Å². The van der Waals surface area contributed by atoms with Crippen molar-refractivity contribution in [2.24, 2.45) is 0 Å². The molecule has 0 unspecified atom stereocenters. The summed E-state index contributed by atoms with van der Waals surface area (Å²) in [6.45, 7) is 2.17. The number of aromatic nitrogens is 1. The molecule has 3 amide bonds. The molecule has 2 rings (SSSR count). The van der Waals surface area contributed by atoms with Crippen LogP contribution in [0.5, 0.6) is 0 Å². The Balaban J connectivity index is 2.01. The van der Waals surface area contributed by atoms with Crippen LogP contribution in [0.25, 0.3) is 0 Å². The van der Waals surface area contributed by atoms with Crippen LogP contribution in [0.1, 0.15) is 13.3 Å². The molecule has 1 aromatic heterocycles. The summed E-state index contributed by atoms with van der Waals surface area (Å²) < 4.78 is 4.63. The van der Waals surface area contributed by atoms with Gasteiger partial charge in [0.2, 0.25) is 5.91 Å². The Morgan fingerprint density at radius 3 is 2.71 bits per heavy atom. The zero-order valence-corrected chi connectivity index (χ0v) is 14.4. The highest BCUT2D eigenvalue weighted by molar-refractivity contribution is 6.43. The van der Waals surface area contributed by atoms with Crippen molar-refractivity contribution >= 4 is 46.6 Å². The zero-order chi connectivity index (χ0) is 17.5. The van der Waals surface area contributed by atoms with E-state index in [0.717, 1.165) is 0 Å². The maximum atomic E-state index is 12.4. The van der Waals surface area contributed by atoms with Crippen LogP contribution in [0.15, 0.2) is 35.1 Å². The van der Waals surface area contributed by atoms with Gasteiger partial charge < -0.3 is 20.1 Å². The second-order valence-electron chi connectivity index (χ2n) is 4.89. The Bertz CT molecular complexity index is 707. The first-order valence-electron chi connectivity index (χ1n) is 7.21. The molecule has 9 heteroatoms. The van der Waals surface area contributed by atoms with E-state index in [1.54, 1.807) is 18.2 Å². The summed E-state index contributed by atoms with van der Waals surface area (Å²) in [5.74, 6) is -0.0977. The molecule has 0 bridgehead atoms. The highest BCUT2D eigenvalue weighted by Gasteiger charge is 2.18. The van der Waals surface area contributed by atoms with E-state index in [0.29, 0.717) is 23.7 Å². The number of nitrogens with zero attached hydrogens (tertiary/aromatic N) is 2. The number of hydrogen-bond donors (Lipinski definition) is 2. The van der Waals surface area contributed by atoms with Gasteiger partial charge in [0.25, 0.3) is 0 Å². The minimum atomic E-state index is -0.448. The van der Waals surface area contributed by atoms with Crippen molar-refractivity contribution in [3.8, 4) is 0 Å². The molecule has 0 atom stereocenters. The van der Waals surface area contributed by atoms with E-state index >= 15 is 0 Å². The number of rotatable bonds is 6. The van der Waals surface area contributed by atoms with Crippen LogP contribution in [0.3, 0.4) is 0 Å². The first kappa shape index (κ1) is 18.1. The summed E-state index contributed by atoms with van der Waals surface area (Å²) >= 11 is 12.0. The monoisotopic (exact) mass is 370 g/mol. The van der Waals surface area contributed by atoms with E-state index in [4.69, 9.17) is 23.2 Å². The number of halogens is 2. The summed E-state index contributed by atoms with van der Waals surface area (Å²) in [6.07, 6.45) is 2.03. The first-order valence-corrected chi connectivity index (χ1v) is 7.97. The number of hydrogen-bond acceptors (Lipinski definition) is 4. The van der Waals surface area contributed by atoms with Crippen molar-refractivity contribution in [2.45, 2.75) is 13.3 Å². The quantitative estimate of drug-likeness (QED) is 0.807. The van der Waals surface area contributed by atoms with Gasteiger partial charge in [-0.2, -0.15) is 0 Å². The van der Waals surface area contributed by atoms with Gasteiger partial charge in [-0.05, 0) is 18.6 Å². The number of urea groups is 1. The molecular formula is C15H16Cl2N4O3. The molecule has 0 aliphatic rings. The normalized spacial score (nSPS) is 10.3. The van der Waals surface area contributed by atoms with E-state index in [1.807, 2.05) is 6.92 Å². The van der Waals surface area contributed by atoms with Crippen LogP contribution in [0, 0.1) is 0 Å². The molecule has 128 valence electrons. The average Bonchev–Trinajstić information content (AvgIpc) is 3.04. The summed E-state index contributed by atoms with van der Waals surface area (Å²) in [6, 6.07) is 5.98. The lowest BCUT2D eigenvalue weighted by Gasteiger charge is -2.22. The largest absolute Gasteiger partial charge is 0.363 e. The van der Waals surface area contributed by atoms with Gasteiger partial charge in [-0.15, -0.1) is 0 Å². The molecule has 1 heterocycles. The number of nitrogens with one attached hydrogen (secondary N) is 2. The second-order valence-corrected chi connectivity index (χ2v) is 5.67. The molecule has 0 saturated carbocycles. The molecule has 0 fully saturated rings. The second kappa shape index (κ2) is 8.56. The van der Waals surface area contributed by atoms with Crippen molar-refractivity contribution in [1.82, 2.24) is 10.1 Å². The molecular weight excluding hydrogens is 355 g/mol. The third-order valence-corrected chi connectivity index (χ3v) is 3.83. The topological polar surface area (TPSA) is 87.5 Å². The lowest BCUT2D eigenvalue weighted by molar-refractivity contribution is -0.116. The maximum absolute atomic E-state index is 12.4. The smallest absolute Gasteiger partial charge is 0.322 e. The van der Waals surface area contributed by atoms with E-state index in [1.165, 1.54) is 17.2 Å². The first-order chi connectivity index (χ1) is 11.5. The summed E-state index contributed by atoms with van der Waals surface area (Å²) in [4.78, 5) is 25.8. The van der Waals surface area contributed by atoms with Gasteiger partial charge in [0.1, 0.15) is 12.8 Å². The van der Waals surface area contributed by atoms with Gasteiger partial charge >= 0.3 is 6.03 Å². The molecule has 24 heavy (non-hydrogen) atoms. The van der Waals surface area contributed by atoms with Crippen molar-refractivity contribution in [3.05, 3.63) is 40.6 Å². The van der Waals surface area contributed by atoms with E-state index in [9.17, 15) is 9.59 Å². The number of amides is 3. The third-order valence-electron chi connectivity index (χ3n) is 3.01. The molecule has 1 aromatic carbocycles. The molecule has 2 N–H and O–H groups in total. The van der Waals surface area contributed by atoms with Crippen LogP contribution >= 0.6 is 23.2 Å². The fraction of sp³-hybridized carbons (Fsp3) is 0.267. The number of carbonyl (C=O) groups excluding carboxylic acids is 2. The Kier molecular flexibility index (Phi) is 6.45. The fourth-order valence-electron chi connectivity index (χ4n) is 1.95. The Morgan fingerprint density at radius 1 is 1.25 bits per heavy atom. The Hall–Kier alpha value is -2.25. The van der Waals surface area contributed by atoms with Crippen LogP contribution in [0.2, 0.25) is 10.0 Å². The summed E-state index contributed by atoms with van der Waals surface area (Å²) in [5.41, 5.74) is 0.382. The zero-order valence-electron chi connectivity index (χ0n) is 12.9. The summed E-state index contributed by atoms with van der Waals surface area (Å²) in [5, 5.41) is 9.36. The van der Waals surface area contributed by atoms with Crippen molar-refractivity contribution < 1.29 is 14.1 Å². The number of anilines is 2. The van der Waals surface area contributed by atoms with E-state index < -0.39 is 6.03 Å². The van der Waals surface area contributed by atoms with Gasteiger partial charge in [0.05, 0.1) is 15.7 Å². The predicted molar refractivity (Wildman–Crippen MR) is 92.5 cm³/mol. The number of benzene rings is 1. The Labute approximate surface area is 148 Å². The third kappa shape index (κ3) is 4.87. The van der Waals surface area contributed by atoms with Gasteiger partial charge in [0.15, 0.2) is 5.82 Å². The highest BCUT2D eigenvalue weighted by atomic mass is 35.5. The van der Waals surface area contributed by atoms with Crippen LogP contribution < -0.4 is 10.6 Å². The van der Waals surface area contributed by atoms with Gasteiger partial charge in [-0.25, -0.2) is 4.79 Å². The van der Waals surface area contributed by atoms with Gasteiger partial charge in [-0.3, -0.25) is 4.79 Å². The fourth-order valence-corrected chi connectivity index (χ4v) is 2.30. The average molecular weight is 371 g/mol. The molecule has 0 saturated heterocycles. The molecule has 0 spiro atoms. The van der Waals surface area contributed by atoms with Crippen molar-refractivity contribution in [1.29, 1.82) is 0 Å². The van der Waals surface area contributed by atoms with E-state index in [2.05, 4.69) is 20.3 Å². The van der Waals surface area contributed by atoms with Crippen molar-refractivity contribution in [3.63, 3.8) is 0 Å². The number of carbonyl (C=O) groups is 2. The van der Waals surface area contributed by atoms with Gasteiger partial charge in [-0.1, -0.05) is 41.3 Å². The Morgan fingerprint density at radius 2 is 2.04 bits per heavy atom. The van der Waals surface area contributed by atoms with Crippen LogP contribution in [0.4, 0.5) is 16.3 Å². The molecule has 2 aromatic rings. The standard InChI is InChI=1S/C15H16Cl2N4O3/c1-2-7-21(9-13(22)19-12-6-8-24-20-12)15(23)18-11-5-3-4-10(16)14(11)17/h3-6,8H,2,7,9H2,1H3,(H,18,23)(H,19,20,22). The van der Waals surface area contributed by atoms with Crippen LogP contribution in [-0.4, -0.2) is 35.1 Å². The molecule has 0 aliphatic heterocycles.